The maximum atomic E-state index is 13.3. The Balaban J connectivity index is 1.54. The summed E-state index contributed by atoms with van der Waals surface area (Å²) in [5.41, 5.74) is 1.04. The Labute approximate surface area is 194 Å². The standard InChI is InChI=1S/C22H17ClN2O7S/c23-16-5-11-20(12-6-16)33(29,30)24-14-19(13-15-3-1-2-4-21(15)24)32-22(26)31-18-9-7-17(8-10-18)25(27)28/h1-12,19H,13-14H2/t19-/m0/s1. The van der Waals surface area contributed by atoms with E-state index in [1.807, 2.05) is 0 Å². The topological polar surface area (TPSA) is 116 Å². The Hall–Kier alpha value is -3.63. The molecule has 11 heteroatoms. The monoisotopic (exact) mass is 488 g/mol. The quantitative estimate of drug-likeness (QED) is 0.223. The summed E-state index contributed by atoms with van der Waals surface area (Å²) in [5, 5.41) is 11.1. The molecule has 0 fully saturated rings. The molecule has 170 valence electrons. The molecule has 0 N–H and O–H groups in total. The van der Waals surface area contributed by atoms with Gasteiger partial charge in [-0.3, -0.25) is 14.4 Å². The zero-order valence-electron chi connectivity index (χ0n) is 17.0. The third-order valence-corrected chi connectivity index (χ3v) is 7.04. The number of ether oxygens (including phenoxy) is 2. The van der Waals surface area contributed by atoms with Gasteiger partial charge in [-0.15, -0.1) is 0 Å². The van der Waals surface area contributed by atoms with Crippen molar-refractivity contribution >= 4 is 39.2 Å². The predicted octanol–water partition coefficient (Wildman–Crippen LogP) is 4.58. The number of rotatable bonds is 5. The second-order valence-electron chi connectivity index (χ2n) is 7.17. The van der Waals surface area contributed by atoms with Crippen LogP contribution in [-0.4, -0.2) is 32.1 Å². The number of fused-ring (bicyclic) bond motifs is 1. The molecule has 33 heavy (non-hydrogen) atoms. The number of nitrogens with zero attached hydrogens (tertiary/aromatic N) is 2. The molecule has 1 aliphatic rings. The normalized spacial score (nSPS) is 15.4. The van der Waals surface area contributed by atoms with Gasteiger partial charge in [0.25, 0.3) is 15.7 Å². The van der Waals surface area contributed by atoms with E-state index in [-0.39, 0.29) is 29.3 Å². The van der Waals surface area contributed by atoms with Crippen molar-refractivity contribution in [3.63, 3.8) is 0 Å². The lowest BCUT2D eigenvalue weighted by Crippen LogP contribution is -2.44. The molecule has 0 saturated carbocycles. The van der Waals surface area contributed by atoms with Crippen molar-refractivity contribution in [3.05, 3.63) is 93.5 Å². The van der Waals surface area contributed by atoms with Crippen LogP contribution in [0.4, 0.5) is 16.2 Å². The highest BCUT2D eigenvalue weighted by atomic mass is 35.5. The summed E-state index contributed by atoms with van der Waals surface area (Å²) in [6.45, 7) is -0.114. The minimum atomic E-state index is -3.95. The summed E-state index contributed by atoms with van der Waals surface area (Å²) < 4.78 is 38.3. The van der Waals surface area contributed by atoms with Gasteiger partial charge >= 0.3 is 6.16 Å². The van der Waals surface area contributed by atoms with Crippen LogP contribution < -0.4 is 9.04 Å². The fourth-order valence-electron chi connectivity index (χ4n) is 3.45. The van der Waals surface area contributed by atoms with Crippen molar-refractivity contribution in [3.8, 4) is 5.75 Å². The average Bonchev–Trinajstić information content (AvgIpc) is 2.79. The summed E-state index contributed by atoms with van der Waals surface area (Å²) in [6.07, 6.45) is -1.57. The molecule has 0 spiro atoms. The van der Waals surface area contributed by atoms with Crippen LogP contribution in [0, 0.1) is 10.1 Å². The van der Waals surface area contributed by atoms with E-state index < -0.39 is 27.2 Å². The highest BCUT2D eigenvalue weighted by Crippen LogP contribution is 2.33. The largest absolute Gasteiger partial charge is 0.514 e. The van der Waals surface area contributed by atoms with E-state index in [0.717, 1.165) is 0 Å². The summed E-state index contributed by atoms with van der Waals surface area (Å²) in [5.74, 6) is 0.0625. The van der Waals surface area contributed by atoms with E-state index in [2.05, 4.69) is 0 Å². The Morgan fingerprint density at radius 1 is 1.03 bits per heavy atom. The number of sulfonamides is 1. The molecule has 3 aromatic carbocycles. The van der Waals surface area contributed by atoms with E-state index in [4.69, 9.17) is 21.1 Å². The molecule has 0 bridgehead atoms. The second-order valence-corrected chi connectivity index (χ2v) is 9.46. The van der Waals surface area contributed by atoms with Crippen molar-refractivity contribution in [2.75, 3.05) is 10.8 Å². The Kier molecular flexibility index (Phi) is 6.21. The van der Waals surface area contributed by atoms with E-state index >= 15 is 0 Å². The predicted molar refractivity (Wildman–Crippen MR) is 120 cm³/mol. The number of hydrogen-bond acceptors (Lipinski definition) is 7. The maximum Gasteiger partial charge on any atom is 0.514 e. The van der Waals surface area contributed by atoms with Gasteiger partial charge in [-0.1, -0.05) is 29.8 Å². The van der Waals surface area contributed by atoms with Gasteiger partial charge in [0.2, 0.25) is 0 Å². The van der Waals surface area contributed by atoms with Gasteiger partial charge in [-0.2, -0.15) is 0 Å². The summed E-state index contributed by atoms with van der Waals surface area (Å²) in [7, 11) is -3.95. The lowest BCUT2D eigenvalue weighted by Gasteiger charge is -2.34. The number of anilines is 1. The number of para-hydroxylation sites is 1. The molecule has 9 nitrogen and oxygen atoms in total. The van der Waals surface area contributed by atoms with Gasteiger partial charge in [-0.05, 0) is 48.0 Å². The molecule has 1 aliphatic heterocycles. The van der Waals surface area contributed by atoms with Crippen LogP contribution in [-0.2, 0) is 21.2 Å². The number of non-ortho nitro benzene ring substituents is 1. The van der Waals surface area contributed by atoms with E-state index in [0.29, 0.717) is 16.3 Å². The van der Waals surface area contributed by atoms with Crippen LogP contribution in [0.5, 0.6) is 5.75 Å². The van der Waals surface area contributed by atoms with Crippen LogP contribution in [0.25, 0.3) is 0 Å². The lowest BCUT2D eigenvalue weighted by atomic mass is 10.0. The maximum absolute atomic E-state index is 13.3. The van der Waals surface area contributed by atoms with Crippen molar-refractivity contribution in [2.45, 2.75) is 17.4 Å². The average molecular weight is 489 g/mol. The first kappa shape index (κ1) is 22.6. The van der Waals surface area contributed by atoms with Gasteiger partial charge in [-0.25, -0.2) is 13.2 Å². The highest BCUT2D eigenvalue weighted by molar-refractivity contribution is 7.92. The molecule has 0 aromatic heterocycles. The van der Waals surface area contributed by atoms with Crippen molar-refractivity contribution in [1.82, 2.24) is 0 Å². The Morgan fingerprint density at radius 2 is 1.70 bits per heavy atom. The number of benzene rings is 3. The summed E-state index contributed by atoms with van der Waals surface area (Å²) in [6, 6.07) is 17.7. The fourth-order valence-corrected chi connectivity index (χ4v) is 5.11. The van der Waals surface area contributed by atoms with Crippen molar-refractivity contribution < 1.29 is 27.6 Å². The first-order valence-corrected chi connectivity index (χ1v) is 11.5. The van der Waals surface area contributed by atoms with Crippen molar-refractivity contribution in [1.29, 1.82) is 0 Å². The minimum absolute atomic E-state index is 0.0517. The molecule has 0 unspecified atom stereocenters. The third-order valence-electron chi connectivity index (χ3n) is 4.99. The highest BCUT2D eigenvalue weighted by Gasteiger charge is 2.35. The Morgan fingerprint density at radius 3 is 2.36 bits per heavy atom. The fraction of sp³-hybridized carbons (Fsp3) is 0.136. The van der Waals surface area contributed by atoms with E-state index in [9.17, 15) is 23.3 Å². The second kappa shape index (κ2) is 9.08. The van der Waals surface area contributed by atoms with Crippen LogP contribution in [0.1, 0.15) is 5.56 Å². The van der Waals surface area contributed by atoms with Gasteiger partial charge in [0.05, 0.1) is 22.1 Å². The van der Waals surface area contributed by atoms with Crippen LogP contribution in [0.3, 0.4) is 0 Å². The van der Waals surface area contributed by atoms with Crippen molar-refractivity contribution in [2.24, 2.45) is 0 Å². The first-order chi connectivity index (χ1) is 15.7. The van der Waals surface area contributed by atoms with Gasteiger partial charge < -0.3 is 9.47 Å². The smallest absolute Gasteiger partial charge is 0.428 e. The molecule has 4 rings (SSSR count). The zero-order valence-corrected chi connectivity index (χ0v) is 18.5. The molecular weight excluding hydrogens is 472 g/mol. The minimum Gasteiger partial charge on any atom is -0.428 e. The molecule has 0 radical (unpaired) electrons. The first-order valence-electron chi connectivity index (χ1n) is 9.73. The molecule has 3 aromatic rings. The third kappa shape index (κ3) is 4.91. The van der Waals surface area contributed by atoms with E-state index in [1.165, 1.54) is 52.8 Å². The van der Waals surface area contributed by atoms with Crippen LogP contribution in [0.2, 0.25) is 5.02 Å². The molecular formula is C22H17ClN2O7S. The number of carbonyl (C=O) groups excluding carboxylic acids is 1. The molecule has 1 heterocycles. The van der Waals surface area contributed by atoms with Gasteiger partial charge in [0.15, 0.2) is 0 Å². The van der Waals surface area contributed by atoms with Gasteiger partial charge in [0, 0.05) is 23.6 Å². The molecule has 0 saturated heterocycles. The molecule has 0 amide bonds. The molecule has 1 atom stereocenters. The SMILES string of the molecule is O=C(Oc1ccc([N+](=O)[O-])cc1)O[C@H]1Cc2ccccc2N(S(=O)(=O)c2ccc(Cl)cc2)C1. The van der Waals surface area contributed by atoms with Gasteiger partial charge in [0.1, 0.15) is 11.9 Å². The summed E-state index contributed by atoms with van der Waals surface area (Å²) in [4.78, 5) is 22.5. The number of nitro groups is 1. The van der Waals surface area contributed by atoms with Crippen LogP contribution in [0.15, 0.2) is 77.7 Å². The zero-order chi connectivity index (χ0) is 23.6. The number of nitro benzene ring substituents is 1. The number of halogens is 1. The van der Waals surface area contributed by atoms with E-state index in [1.54, 1.807) is 24.3 Å². The van der Waals surface area contributed by atoms with Crippen LogP contribution >= 0.6 is 11.6 Å². The number of carbonyl (C=O) groups is 1. The number of hydrogen-bond donors (Lipinski definition) is 0. The summed E-state index contributed by atoms with van der Waals surface area (Å²) >= 11 is 5.89. The Bertz CT molecular complexity index is 1300. The molecule has 0 aliphatic carbocycles. The lowest BCUT2D eigenvalue weighted by molar-refractivity contribution is -0.384.